The molecule has 0 aliphatic rings. The molecule has 0 radical (unpaired) electrons. The number of halogens is 1. The summed E-state index contributed by atoms with van der Waals surface area (Å²) in [6.45, 7) is 0. The van der Waals surface area contributed by atoms with Crippen molar-refractivity contribution < 1.29 is 14.3 Å². The molecular formula is C11H10FN3O2. The van der Waals surface area contributed by atoms with Crippen LogP contribution >= 0.6 is 0 Å². The number of nitrogens with zero attached hydrogens (tertiary/aromatic N) is 3. The Labute approximate surface area is 96.5 Å². The number of hydrogen-bond donors (Lipinski definition) is 1. The second kappa shape index (κ2) is 4.32. The van der Waals surface area contributed by atoms with E-state index >= 15 is 0 Å². The second-order valence-electron chi connectivity index (χ2n) is 3.53. The van der Waals surface area contributed by atoms with Crippen LogP contribution in [0.15, 0.2) is 24.3 Å². The van der Waals surface area contributed by atoms with Crippen molar-refractivity contribution in [2.75, 3.05) is 0 Å². The zero-order chi connectivity index (χ0) is 12.4. The molecule has 1 heterocycles. The molecule has 0 bridgehead atoms. The monoisotopic (exact) mass is 235 g/mol. The zero-order valence-electron chi connectivity index (χ0n) is 9.09. The van der Waals surface area contributed by atoms with E-state index in [4.69, 9.17) is 5.11 Å². The zero-order valence-corrected chi connectivity index (χ0v) is 9.09. The first-order chi connectivity index (χ1) is 8.08. The summed E-state index contributed by atoms with van der Waals surface area (Å²) >= 11 is 0. The lowest BCUT2D eigenvalue weighted by molar-refractivity contribution is -0.136. The van der Waals surface area contributed by atoms with Crippen molar-refractivity contribution >= 4 is 5.97 Å². The Hall–Kier alpha value is -2.24. The number of carboxylic acid groups (broad SMARTS) is 1. The molecule has 1 N–H and O–H groups in total. The van der Waals surface area contributed by atoms with Crippen LogP contribution in [0.2, 0.25) is 0 Å². The minimum absolute atomic E-state index is 0.165. The van der Waals surface area contributed by atoms with Crippen LogP contribution < -0.4 is 0 Å². The van der Waals surface area contributed by atoms with Crippen LogP contribution in [0.1, 0.15) is 5.82 Å². The van der Waals surface area contributed by atoms with Gasteiger partial charge in [-0.1, -0.05) is 12.1 Å². The van der Waals surface area contributed by atoms with Gasteiger partial charge in [0.05, 0.1) is 5.56 Å². The quantitative estimate of drug-likeness (QED) is 0.869. The molecular weight excluding hydrogens is 225 g/mol. The lowest BCUT2D eigenvalue weighted by atomic mass is 10.2. The lowest BCUT2D eigenvalue weighted by Gasteiger charge is -2.00. The van der Waals surface area contributed by atoms with E-state index in [1.54, 1.807) is 25.2 Å². The Balaban J connectivity index is 2.43. The third-order valence-electron chi connectivity index (χ3n) is 2.23. The molecule has 0 atom stereocenters. The van der Waals surface area contributed by atoms with Gasteiger partial charge in [0.25, 0.3) is 0 Å². The van der Waals surface area contributed by atoms with Gasteiger partial charge < -0.3 is 5.11 Å². The van der Waals surface area contributed by atoms with Crippen LogP contribution in [0.3, 0.4) is 0 Å². The van der Waals surface area contributed by atoms with Gasteiger partial charge in [0.1, 0.15) is 12.2 Å². The Bertz CT molecular complexity index is 566. The highest BCUT2D eigenvalue weighted by Gasteiger charge is 2.14. The summed E-state index contributed by atoms with van der Waals surface area (Å²) in [7, 11) is 1.60. The maximum absolute atomic E-state index is 13.5. The Morgan fingerprint density at radius 3 is 2.82 bits per heavy atom. The summed E-state index contributed by atoms with van der Waals surface area (Å²) in [5.74, 6) is -0.946. The molecule has 1 aromatic carbocycles. The van der Waals surface area contributed by atoms with Gasteiger partial charge in [0, 0.05) is 7.05 Å². The van der Waals surface area contributed by atoms with Crippen LogP contribution in [0.25, 0.3) is 11.4 Å². The molecule has 88 valence electrons. The molecule has 5 nitrogen and oxygen atoms in total. The van der Waals surface area contributed by atoms with E-state index in [1.165, 1.54) is 10.7 Å². The first kappa shape index (κ1) is 11.3. The highest BCUT2D eigenvalue weighted by molar-refractivity contribution is 5.69. The number of rotatable bonds is 3. The molecule has 1 aromatic heterocycles. The Morgan fingerprint density at radius 1 is 1.47 bits per heavy atom. The number of aryl methyl sites for hydroxylation is 1. The number of carbonyl (C=O) groups is 1. The van der Waals surface area contributed by atoms with Gasteiger partial charge >= 0.3 is 5.97 Å². The lowest BCUT2D eigenvalue weighted by Crippen LogP contribution is -2.02. The Morgan fingerprint density at radius 2 is 2.18 bits per heavy atom. The number of carboxylic acids is 1. The molecule has 0 fully saturated rings. The first-order valence-electron chi connectivity index (χ1n) is 4.94. The number of aliphatic carboxylic acids is 1. The van der Waals surface area contributed by atoms with Crippen molar-refractivity contribution in [3.05, 3.63) is 35.9 Å². The van der Waals surface area contributed by atoms with E-state index < -0.39 is 11.8 Å². The van der Waals surface area contributed by atoms with Crippen molar-refractivity contribution in [3.63, 3.8) is 0 Å². The van der Waals surface area contributed by atoms with Crippen LogP contribution in [-0.2, 0) is 18.3 Å². The summed E-state index contributed by atoms with van der Waals surface area (Å²) < 4.78 is 14.9. The van der Waals surface area contributed by atoms with Crippen molar-refractivity contribution in [1.29, 1.82) is 0 Å². The highest BCUT2D eigenvalue weighted by atomic mass is 19.1. The molecule has 6 heteroatoms. The Kier molecular flexibility index (Phi) is 2.86. The van der Waals surface area contributed by atoms with Crippen LogP contribution in [0.4, 0.5) is 4.39 Å². The predicted molar refractivity (Wildman–Crippen MR) is 57.7 cm³/mol. The minimum atomic E-state index is -1.02. The largest absolute Gasteiger partial charge is 0.481 e. The summed E-state index contributed by atoms with van der Waals surface area (Å²) in [6, 6.07) is 6.15. The summed E-state index contributed by atoms with van der Waals surface area (Å²) in [6.07, 6.45) is -0.276. The van der Waals surface area contributed by atoms with E-state index in [0.29, 0.717) is 11.4 Å². The van der Waals surface area contributed by atoms with E-state index in [2.05, 4.69) is 10.1 Å². The molecule has 17 heavy (non-hydrogen) atoms. The van der Waals surface area contributed by atoms with Crippen LogP contribution in [-0.4, -0.2) is 25.8 Å². The topological polar surface area (TPSA) is 68.0 Å². The van der Waals surface area contributed by atoms with E-state index in [0.717, 1.165) is 0 Å². The minimum Gasteiger partial charge on any atom is -0.481 e. The van der Waals surface area contributed by atoms with Gasteiger partial charge in [-0.25, -0.2) is 14.1 Å². The molecule has 0 spiro atoms. The third-order valence-corrected chi connectivity index (χ3v) is 2.23. The maximum Gasteiger partial charge on any atom is 0.311 e. The number of aromatic nitrogens is 3. The van der Waals surface area contributed by atoms with Gasteiger partial charge in [0.15, 0.2) is 11.6 Å². The molecule has 2 aromatic rings. The summed E-state index contributed by atoms with van der Waals surface area (Å²) in [5, 5.41) is 12.6. The van der Waals surface area contributed by atoms with Gasteiger partial charge in [-0.15, -0.1) is 0 Å². The molecule has 0 saturated carbocycles. The predicted octanol–water partition coefficient (Wildman–Crippen LogP) is 1.25. The SMILES string of the molecule is Cn1nc(CC(=O)O)nc1-c1ccccc1F. The summed E-state index contributed by atoms with van der Waals surface area (Å²) in [5.41, 5.74) is 0.305. The van der Waals surface area contributed by atoms with Crippen LogP contribution in [0, 0.1) is 5.82 Å². The second-order valence-corrected chi connectivity index (χ2v) is 3.53. The average Bonchev–Trinajstić information content (AvgIpc) is 2.59. The fourth-order valence-electron chi connectivity index (χ4n) is 1.52. The molecule has 0 aliphatic carbocycles. The number of hydrogen-bond acceptors (Lipinski definition) is 3. The van der Waals surface area contributed by atoms with Crippen molar-refractivity contribution in [2.45, 2.75) is 6.42 Å². The van der Waals surface area contributed by atoms with Gasteiger partial charge in [-0.2, -0.15) is 5.10 Å². The molecule has 2 rings (SSSR count). The molecule has 0 aliphatic heterocycles. The van der Waals surface area contributed by atoms with Gasteiger partial charge in [-0.05, 0) is 12.1 Å². The van der Waals surface area contributed by atoms with E-state index in [1.807, 2.05) is 0 Å². The van der Waals surface area contributed by atoms with Gasteiger partial charge in [-0.3, -0.25) is 4.79 Å². The maximum atomic E-state index is 13.5. The van der Waals surface area contributed by atoms with E-state index in [-0.39, 0.29) is 12.2 Å². The fraction of sp³-hybridized carbons (Fsp3) is 0.182. The van der Waals surface area contributed by atoms with Crippen molar-refractivity contribution in [1.82, 2.24) is 14.8 Å². The third kappa shape index (κ3) is 2.30. The fourth-order valence-corrected chi connectivity index (χ4v) is 1.52. The average molecular weight is 235 g/mol. The normalized spacial score (nSPS) is 10.5. The smallest absolute Gasteiger partial charge is 0.311 e. The van der Waals surface area contributed by atoms with Crippen molar-refractivity contribution in [3.8, 4) is 11.4 Å². The number of benzene rings is 1. The molecule has 0 unspecified atom stereocenters. The van der Waals surface area contributed by atoms with Gasteiger partial charge in [0.2, 0.25) is 0 Å². The van der Waals surface area contributed by atoms with Crippen LogP contribution in [0.5, 0.6) is 0 Å². The van der Waals surface area contributed by atoms with E-state index in [9.17, 15) is 9.18 Å². The van der Waals surface area contributed by atoms with Crippen molar-refractivity contribution in [2.24, 2.45) is 7.05 Å². The summed E-state index contributed by atoms with van der Waals surface area (Å²) in [4.78, 5) is 14.5. The first-order valence-corrected chi connectivity index (χ1v) is 4.94. The molecule has 0 saturated heterocycles. The standard InChI is InChI=1S/C11H10FN3O2/c1-15-11(7-4-2-3-5-8(7)12)13-9(14-15)6-10(16)17/h2-5H,6H2,1H3,(H,16,17). The molecule has 0 amide bonds. The highest BCUT2D eigenvalue weighted by Crippen LogP contribution is 2.19.